The largest absolute Gasteiger partial charge is 0.479 e. The minimum atomic E-state index is -4.99. The molecule has 2 rings (SSSR count). The zero-order valence-electron chi connectivity index (χ0n) is 15.8. The van der Waals surface area contributed by atoms with Gasteiger partial charge in [0.05, 0.1) is 6.61 Å². The molecule has 2 saturated heterocycles. The van der Waals surface area contributed by atoms with Gasteiger partial charge in [0.15, 0.2) is 18.7 Å². The predicted molar refractivity (Wildman–Crippen MR) is 91.2 cm³/mol. The first kappa shape index (κ1) is 25.7. The van der Waals surface area contributed by atoms with Crippen molar-refractivity contribution in [2.45, 2.75) is 68.3 Å². The molecule has 2 aliphatic rings. The molecule has 0 unspecified atom stereocenters. The Balaban J connectivity index is 2.28. The van der Waals surface area contributed by atoms with Gasteiger partial charge in [-0.3, -0.25) is 9.35 Å². The van der Waals surface area contributed by atoms with Crippen LogP contribution in [0.15, 0.2) is 0 Å². The van der Waals surface area contributed by atoms with E-state index in [1.807, 2.05) is 0 Å². The summed E-state index contributed by atoms with van der Waals surface area (Å²) in [7, 11) is -4.99. The molecule has 17 heteroatoms. The smallest absolute Gasteiger partial charge is 0.397 e. The van der Waals surface area contributed by atoms with Gasteiger partial charge in [-0.05, 0) is 0 Å². The number of carboxylic acid groups (broad SMARTS) is 1. The molecular formula is C14H23NO15S. The summed E-state index contributed by atoms with van der Waals surface area (Å²) in [5, 5.41) is 61.4. The number of ether oxygens (including phenoxy) is 3. The Morgan fingerprint density at radius 1 is 1.00 bits per heavy atom. The summed E-state index contributed by atoms with van der Waals surface area (Å²) in [5.74, 6) is -2.43. The van der Waals surface area contributed by atoms with Crippen LogP contribution in [0.2, 0.25) is 0 Å². The van der Waals surface area contributed by atoms with E-state index >= 15 is 0 Å². The fraction of sp³-hybridized carbons (Fsp3) is 0.857. The second-order valence-corrected chi connectivity index (χ2v) is 7.92. The van der Waals surface area contributed by atoms with Crippen LogP contribution in [-0.2, 0) is 38.4 Å². The highest BCUT2D eigenvalue weighted by Crippen LogP contribution is 2.29. The molecule has 0 saturated carbocycles. The average molecular weight is 477 g/mol. The zero-order chi connectivity index (χ0) is 23.7. The maximum atomic E-state index is 11.3. The number of hydrogen-bond acceptors (Lipinski definition) is 13. The third-order valence-electron chi connectivity index (χ3n) is 4.55. The Morgan fingerprint density at radius 2 is 1.61 bits per heavy atom. The number of nitrogens with one attached hydrogen (secondary N) is 1. The summed E-state index contributed by atoms with van der Waals surface area (Å²) in [6, 6.07) is -1.53. The number of rotatable bonds is 7. The Kier molecular flexibility index (Phi) is 8.27. The lowest BCUT2D eigenvalue weighted by atomic mass is 9.95. The molecule has 1 amide bonds. The highest BCUT2D eigenvalue weighted by molar-refractivity contribution is 7.80. The Labute approximate surface area is 174 Å². The molecule has 0 spiro atoms. The number of carboxylic acids is 1. The SMILES string of the molecule is CC(=O)N[C@@H]1[C@@H](O)[C@H](O[C@@H]2O[C@@H](C(=O)O)[C@@H](O)[C@H](O)[C@H]2O)[C@@H](COS(=O)(=O)O)O[C@@H]1O. The minimum Gasteiger partial charge on any atom is -0.479 e. The van der Waals surface area contributed by atoms with E-state index < -0.39 is 90.2 Å². The zero-order valence-corrected chi connectivity index (χ0v) is 16.6. The summed E-state index contributed by atoms with van der Waals surface area (Å²) in [4.78, 5) is 22.5. The van der Waals surface area contributed by atoms with Crippen LogP contribution in [0.1, 0.15) is 6.92 Å². The molecule has 0 aromatic rings. The summed E-state index contributed by atoms with van der Waals surface area (Å²) in [5.41, 5.74) is 0. The van der Waals surface area contributed by atoms with E-state index in [2.05, 4.69) is 9.50 Å². The Hall–Kier alpha value is -1.51. The number of aliphatic carboxylic acids is 1. The maximum absolute atomic E-state index is 11.3. The first-order valence-corrected chi connectivity index (χ1v) is 10.1. The third-order valence-corrected chi connectivity index (χ3v) is 4.98. The van der Waals surface area contributed by atoms with Crippen molar-refractivity contribution >= 4 is 22.3 Å². The van der Waals surface area contributed by atoms with Crippen LogP contribution in [0.3, 0.4) is 0 Å². The van der Waals surface area contributed by atoms with Gasteiger partial charge in [-0.25, -0.2) is 8.98 Å². The molecule has 2 heterocycles. The lowest BCUT2D eigenvalue weighted by Gasteiger charge is -2.46. The lowest BCUT2D eigenvalue weighted by molar-refractivity contribution is -0.339. The van der Waals surface area contributed by atoms with Gasteiger partial charge >= 0.3 is 16.4 Å². The summed E-state index contributed by atoms with van der Waals surface area (Å²) >= 11 is 0. The van der Waals surface area contributed by atoms with Gasteiger partial charge in [0.1, 0.15) is 42.7 Å². The van der Waals surface area contributed by atoms with Gasteiger partial charge < -0.3 is 50.2 Å². The quantitative estimate of drug-likeness (QED) is 0.159. The number of carbonyl (C=O) groups excluding carboxylic acids is 1. The highest BCUT2D eigenvalue weighted by Gasteiger charge is 2.52. The van der Waals surface area contributed by atoms with Gasteiger partial charge in [0, 0.05) is 6.92 Å². The van der Waals surface area contributed by atoms with E-state index in [1.54, 1.807) is 0 Å². The Bertz CT molecular complexity index is 761. The third kappa shape index (κ3) is 6.26. The minimum absolute atomic E-state index is 0.712. The van der Waals surface area contributed by atoms with Gasteiger partial charge in [-0.15, -0.1) is 0 Å². The normalized spacial score (nSPS) is 41.5. The van der Waals surface area contributed by atoms with Crippen LogP contribution in [-0.4, -0.2) is 123 Å². The van der Waals surface area contributed by atoms with Crippen molar-refractivity contribution in [2.75, 3.05) is 6.61 Å². The fourth-order valence-electron chi connectivity index (χ4n) is 3.10. The van der Waals surface area contributed by atoms with Crippen molar-refractivity contribution in [1.82, 2.24) is 5.32 Å². The van der Waals surface area contributed by atoms with Crippen LogP contribution in [0.25, 0.3) is 0 Å². The monoisotopic (exact) mass is 477 g/mol. The number of amides is 1. The second-order valence-electron chi connectivity index (χ2n) is 6.83. The maximum Gasteiger partial charge on any atom is 0.397 e. The molecule has 0 bridgehead atoms. The predicted octanol–water partition coefficient (Wildman–Crippen LogP) is -5.33. The number of carbonyl (C=O) groups is 2. The highest BCUT2D eigenvalue weighted by atomic mass is 32.3. The average Bonchev–Trinajstić information content (AvgIpc) is 2.64. The van der Waals surface area contributed by atoms with Crippen LogP contribution < -0.4 is 5.32 Å². The fourth-order valence-corrected chi connectivity index (χ4v) is 3.41. The molecule has 2 aliphatic heterocycles. The number of aliphatic hydroxyl groups is 5. The van der Waals surface area contributed by atoms with Crippen molar-refractivity contribution in [3.8, 4) is 0 Å². The van der Waals surface area contributed by atoms with Gasteiger partial charge in [0.25, 0.3) is 0 Å². The molecular weight excluding hydrogens is 454 g/mol. The number of aliphatic hydroxyl groups excluding tert-OH is 5. The molecule has 0 radical (unpaired) electrons. The van der Waals surface area contributed by atoms with E-state index in [4.69, 9.17) is 23.9 Å². The van der Waals surface area contributed by atoms with Gasteiger partial charge in [-0.1, -0.05) is 0 Å². The first-order valence-electron chi connectivity index (χ1n) is 8.71. The standard InChI is InChI=1S/C14H23NO15S/c1-3(16)15-5-6(17)10(4(28-13(5)23)2-27-31(24,25)26)29-14-9(20)7(18)8(19)11(30-14)12(21)22/h4-11,13-14,17-20,23H,2H2,1H3,(H,15,16)(H,21,22)(H,24,25,26)/t4-,5-,6-,7+,8+,9-,10-,11-,13+,14-/m1/s1. The van der Waals surface area contributed by atoms with Crippen LogP contribution >= 0.6 is 0 Å². The molecule has 16 nitrogen and oxygen atoms in total. The van der Waals surface area contributed by atoms with E-state index in [0.717, 1.165) is 6.92 Å². The van der Waals surface area contributed by atoms with Crippen molar-refractivity contribution in [3.05, 3.63) is 0 Å². The summed E-state index contributed by atoms with van der Waals surface area (Å²) in [6.45, 7) is 0.0206. The van der Waals surface area contributed by atoms with Gasteiger partial charge in [0.2, 0.25) is 5.91 Å². The molecule has 2 fully saturated rings. The molecule has 0 aromatic carbocycles. The summed E-state index contributed by atoms with van der Waals surface area (Å²) in [6.07, 6.45) is -17.4. The van der Waals surface area contributed by atoms with E-state index in [0.29, 0.717) is 0 Å². The van der Waals surface area contributed by atoms with Gasteiger partial charge in [-0.2, -0.15) is 8.42 Å². The molecule has 180 valence electrons. The van der Waals surface area contributed by atoms with E-state index in [-0.39, 0.29) is 0 Å². The second kappa shape index (κ2) is 9.96. The topological polar surface area (TPSA) is 259 Å². The first-order chi connectivity index (χ1) is 14.2. The van der Waals surface area contributed by atoms with Crippen LogP contribution in [0.5, 0.6) is 0 Å². The van der Waals surface area contributed by atoms with Crippen molar-refractivity contribution in [3.63, 3.8) is 0 Å². The molecule has 10 atom stereocenters. The van der Waals surface area contributed by atoms with E-state index in [1.165, 1.54) is 0 Å². The lowest BCUT2D eigenvalue weighted by Crippen LogP contribution is -2.67. The van der Waals surface area contributed by atoms with E-state index in [9.17, 15) is 43.5 Å². The van der Waals surface area contributed by atoms with Crippen LogP contribution in [0, 0.1) is 0 Å². The van der Waals surface area contributed by atoms with Crippen LogP contribution in [0.4, 0.5) is 0 Å². The van der Waals surface area contributed by atoms with Crippen molar-refractivity contribution < 1.29 is 71.6 Å². The number of hydrogen-bond donors (Lipinski definition) is 8. The molecule has 0 aliphatic carbocycles. The summed E-state index contributed by atoms with van der Waals surface area (Å²) < 4.78 is 49.9. The molecule has 8 N–H and O–H groups in total. The molecule has 31 heavy (non-hydrogen) atoms. The Morgan fingerprint density at radius 3 is 2.13 bits per heavy atom. The van der Waals surface area contributed by atoms with Crippen molar-refractivity contribution in [1.29, 1.82) is 0 Å². The van der Waals surface area contributed by atoms with Crippen molar-refractivity contribution in [2.24, 2.45) is 0 Å². The molecule has 0 aromatic heterocycles.